The summed E-state index contributed by atoms with van der Waals surface area (Å²) in [5.41, 5.74) is 9.08. The molecule has 0 bridgehead atoms. The first kappa shape index (κ1) is 24.7. The van der Waals surface area contributed by atoms with Crippen LogP contribution >= 0.6 is 0 Å². The van der Waals surface area contributed by atoms with Gasteiger partial charge in [-0.25, -0.2) is 14.4 Å². The van der Waals surface area contributed by atoms with Crippen molar-refractivity contribution in [2.24, 2.45) is 0 Å². The van der Waals surface area contributed by atoms with Gasteiger partial charge < -0.3 is 19.9 Å². The van der Waals surface area contributed by atoms with Gasteiger partial charge in [0, 0.05) is 18.2 Å². The molecule has 3 atom stereocenters. The largest absolute Gasteiger partial charge is 0.459 e. The zero-order valence-corrected chi connectivity index (χ0v) is 20.8. The van der Waals surface area contributed by atoms with Gasteiger partial charge >= 0.3 is 17.6 Å². The number of aryl methyl sites for hydroxylation is 2. The number of nitrogen functional groups attached to an aromatic ring is 1. The van der Waals surface area contributed by atoms with E-state index in [-0.39, 0.29) is 24.8 Å². The van der Waals surface area contributed by atoms with Gasteiger partial charge in [0.15, 0.2) is 0 Å². The number of benzene rings is 2. The molecule has 192 valence electrons. The van der Waals surface area contributed by atoms with E-state index >= 15 is 0 Å². The molecule has 2 aliphatic rings. The lowest BCUT2D eigenvalue weighted by Gasteiger charge is -2.19. The molecular weight excluding hydrogens is 474 g/mol. The van der Waals surface area contributed by atoms with Crippen LogP contribution in [0.3, 0.4) is 0 Å². The summed E-state index contributed by atoms with van der Waals surface area (Å²) in [5, 5.41) is 0. The molecular formula is C28H29N3O6. The molecule has 2 heterocycles. The number of carbonyl (C=O) groups excluding carboxylic acids is 2. The maximum Gasteiger partial charge on any atom is 0.351 e. The van der Waals surface area contributed by atoms with Crippen LogP contribution < -0.4 is 11.4 Å². The molecule has 1 aliphatic heterocycles. The van der Waals surface area contributed by atoms with Gasteiger partial charge in [-0.05, 0) is 56.9 Å². The molecule has 5 rings (SSSR count). The van der Waals surface area contributed by atoms with Crippen LogP contribution in [0.2, 0.25) is 0 Å². The number of anilines is 1. The Labute approximate surface area is 214 Å². The summed E-state index contributed by atoms with van der Waals surface area (Å²) in [5.74, 6) is -0.529. The van der Waals surface area contributed by atoms with E-state index in [2.05, 4.69) is 4.98 Å². The fraction of sp³-hybridized carbons (Fsp3) is 0.357. The SMILES string of the molecule is Cc1ccc(C(=O)OC[C@H]2O[C@@H](n3cc(C4CC4)c(N)nc3=O)C[C@@H]2OC(=O)c2ccc(C)cc2)cc1. The number of hydrogen-bond acceptors (Lipinski definition) is 8. The summed E-state index contributed by atoms with van der Waals surface area (Å²) in [6.45, 7) is 3.70. The predicted molar refractivity (Wildman–Crippen MR) is 135 cm³/mol. The maximum atomic E-state index is 12.9. The predicted octanol–water partition coefficient (Wildman–Crippen LogP) is 3.69. The highest BCUT2D eigenvalue weighted by Crippen LogP contribution is 2.42. The number of hydrogen-bond donors (Lipinski definition) is 1. The third kappa shape index (κ3) is 5.56. The molecule has 2 N–H and O–H groups in total. The Morgan fingerprint density at radius 2 is 1.59 bits per heavy atom. The van der Waals surface area contributed by atoms with Gasteiger partial charge in [-0.1, -0.05) is 35.4 Å². The van der Waals surface area contributed by atoms with Crippen molar-refractivity contribution >= 4 is 17.8 Å². The Bertz CT molecular complexity index is 1360. The zero-order chi connectivity index (χ0) is 26.1. The van der Waals surface area contributed by atoms with Gasteiger partial charge in [-0.2, -0.15) is 4.98 Å². The molecule has 9 heteroatoms. The first-order valence-corrected chi connectivity index (χ1v) is 12.3. The lowest BCUT2D eigenvalue weighted by molar-refractivity contribution is -0.0582. The van der Waals surface area contributed by atoms with E-state index < -0.39 is 36.1 Å². The Balaban J connectivity index is 1.35. The number of carbonyl (C=O) groups is 2. The van der Waals surface area contributed by atoms with Gasteiger partial charge in [-0.3, -0.25) is 4.57 Å². The highest BCUT2D eigenvalue weighted by atomic mass is 16.6. The van der Waals surface area contributed by atoms with E-state index in [1.165, 1.54) is 4.57 Å². The Hall–Kier alpha value is -3.98. The fourth-order valence-corrected chi connectivity index (χ4v) is 4.38. The number of ether oxygens (including phenoxy) is 3. The first-order valence-electron chi connectivity index (χ1n) is 12.3. The second-order valence-electron chi connectivity index (χ2n) is 9.68. The molecule has 0 amide bonds. The number of nitrogens with two attached hydrogens (primary N) is 1. The first-order chi connectivity index (χ1) is 17.8. The van der Waals surface area contributed by atoms with Crippen molar-refractivity contribution in [1.82, 2.24) is 9.55 Å². The van der Waals surface area contributed by atoms with Gasteiger partial charge in [-0.15, -0.1) is 0 Å². The second-order valence-corrected chi connectivity index (χ2v) is 9.68. The maximum absolute atomic E-state index is 12.9. The van der Waals surface area contributed by atoms with Crippen molar-refractivity contribution < 1.29 is 23.8 Å². The zero-order valence-electron chi connectivity index (χ0n) is 20.8. The Morgan fingerprint density at radius 1 is 1.00 bits per heavy atom. The van der Waals surface area contributed by atoms with Crippen molar-refractivity contribution in [1.29, 1.82) is 0 Å². The smallest absolute Gasteiger partial charge is 0.351 e. The topological polar surface area (TPSA) is 123 Å². The summed E-state index contributed by atoms with van der Waals surface area (Å²) >= 11 is 0. The Kier molecular flexibility index (Phi) is 6.80. The van der Waals surface area contributed by atoms with E-state index in [9.17, 15) is 14.4 Å². The minimum atomic E-state index is -0.775. The van der Waals surface area contributed by atoms with Crippen LogP contribution in [0.4, 0.5) is 5.82 Å². The van der Waals surface area contributed by atoms with Crippen LogP contribution in [-0.4, -0.2) is 40.3 Å². The summed E-state index contributed by atoms with van der Waals surface area (Å²) in [6, 6.07) is 14.0. The van der Waals surface area contributed by atoms with Crippen molar-refractivity contribution in [3.8, 4) is 0 Å². The third-order valence-electron chi connectivity index (χ3n) is 6.73. The number of nitrogens with zero attached hydrogens (tertiary/aromatic N) is 2. The van der Waals surface area contributed by atoms with Gasteiger partial charge in [0.1, 0.15) is 30.9 Å². The molecule has 3 aromatic rings. The second kappa shape index (κ2) is 10.2. The van der Waals surface area contributed by atoms with E-state index in [1.807, 2.05) is 38.1 Å². The van der Waals surface area contributed by atoms with Gasteiger partial charge in [0.25, 0.3) is 0 Å². The molecule has 0 unspecified atom stereocenters. The Morgan fingerprint density at radius 3 is 2.19 bits per heavy atom. The average molecular weight is 504 g/mol. The van der Waals surface area contributed by atoms with Crippen LogP contribution in [0, 0.1) is 13.8 Å². The summed E-state index contributed by atoms with van der Waals surface area (Å²) in [7, 11) is 0. The summed E-state index contributed by atoms with van der Waals surface area (Å²) < 4.78 is 18.8. The summed E-state index contributed by atoms with van der Waals surface area (Å²) in [6.07, 6.45) is 1.58. The van der Waals surface area contributed by atoms with Crippen molar-refractivity contribution in [2.75, 3.05) is 12.3 Å². The highest BCUT2D eigenvalue weighted by Gasteiger charge is 2.41. The van der Waals surface area contributed by atoms with Crippen LogP contribution in [0.25, 0.3) is 0 Å². The van der Waals surface area contributed by atoms with Crippen molar-refractivity contribution in [3.63, 3.8) is 0 Å². The van der Waals surface area contributed by atoms with Crippen LogP contribution in [0.1, 0.15) is 68.8 Å². The molecule has 1 saturated carbocycles. The van der Waals surface area contributed by atoms with Crippen LogP contribution in [0.5, 0.6) is 0 Å². The molecule has 0 radical (unpaired) electrons. The minimum absolute atomic E-state index is 0.151. The fourth-order valence-electron chi connectivity index (χ4n) is 4.38. The lowest BCUT2D eigenvalue weighted by Crippen LogP contribution is -2.32. The van der Waals surface area contributed by atoms with E-state index in [0.717, 1.165) is 29.5 Å². The number of aromatic nitrogens is 2. The van der Waals surface area contributed by atoms with Crippen molar-refractivity contribution in [3.05, 3.63) is 93.0 Å². The van der Waals surface area contributed by atoms with Gasteiger partial charge in [0.05, 0.1) is 11.1 Å². The quantitative estimate of drug-likeness (QED) is 0.485. The van der Waals surface area contributed by atoms with E-state index in [1.54, 1.807) is 30.5 Å². The van der Waals surface area contributed by atoms with E-state index in [0.29, 0.717) is 11.1 Å². The standard InChI is InChI=1S/C28H29N3O6/c1-16-3-7-19(8-4-16)26(32)35-15-23-22(37-27(33)20-9-5-17(2)6-10-20)13-24(36-23)31-14-21(18-11-12-18)25(29)30-28(31)34/h3-10,14,18,22-24H,11-13,15H2,1-2H3,(H2,29,30,34)/t22-,23+,24+/m0/s1. The van der Waals surface area contributed by atoms with Crippen LogP contribution in [-0.2, 0) is 14.2 Å². The molecule has 37 heavy (non-hydrogen) atoms. The molecule has 1 saturated heterocycles. The molecule has 1 aliphatic carbocycles. The van der Waals surface area contributed by atoms with Gasteiger partial charge in [0.2, 0.25) is 0 Å². The van der Waals surface area contributed by atoms with E-state index in [4.69, 9.17) is 19.9 Å². The third-order valence-corrected chi connectivity index (χ3v) is 6.73. The monoisotopic (exact) mass is 503 g/mol. The lowest BCUT2D eigenvalue weighted by atomic mass is 10.1. The molecule has 1 aromatic heterocycles. The molecule has 2 aromatic carbocycles. The minimum Gasteiger partial charge on any atom is -0.459 e. The average Bonchev–Trinajstić information content (AvgIpc) is 3.64. The molecule has 2 fully saturated rings. The highest BCUT2D eigenvalue weighted by molar-refractivity contribution is 5.90. The normalized spacial score (nSPS) is 21.0. The molecule has 9 nitrogen and oxygen atoms in total. The number of esters is 2. The van der Waals surface area contributed by atoms with Crippen molar-refractivity contribution in [2.45, 2.75) is 57.5 Å². The number of rotatable bonds is 7. The summed E-state index contributed by atoms with van der Waals surface area (Å²) in [4.78, 5) is 42.1. The molecule has 0 spiro atoms. The van der Waals surface area contributed by atoms with Crippen LogP contribution in [0.15, 0.2) is 59.5 Å².